The minimum atomic E-state index is -4.05. The van der Waals surface area contributed by atoms with Crippen molar-refractivity contribution in [2.75, 3.05) is 26.2 Å². The van der Waals surface area contributed by atoms with Crippen molar-refractivity contribution in [2.24, 2.45) is 17.1 Å². The summed E-state index contributed by atoms with van der Waals surface area (Å²) in [6.07, 6.45) is -2.74. The number of ether oxygens (including phenoxy) is 1. The van der Waals surface area contributed by atoms with Crippen LogP contribution in [0.5, 0.6) is 0 Å². The Bertz CT molecular complexity index is 364. The normalized spacial score (nSPS) is 34.7. The van der Waals surface area contributed by atoms with Gasteiger partial charge in [0.1, 0.15) is 0 Å². The number of piperidine rings is 1. The largest absolute Gasteiger partial charge is 0.391 e. The maximum absolute atomic E-state index is 12.7. The summed E-state index contributed by atoms with van der Waals surface area (Å²) >= 11 is 0. The first-order chi connectivity index (χ1) is 9.60. The van der Waals surface area contributed by atoms with Gasteiger partial charge in [-0.25, -0.2) is 0 Å². The first kappa shape index (κ1) is 17.0. The Kier molecular flexibility index (Phi) is 4.63. The Labute approximate surface area is 125 Å². The maximum atomic E-state index is 12.7. The monoisotopic (exact) mass is 308 g/mol. The molecule has 1 heterocycles. The van der Waals surface area contributed by atoms with Crippen LogP contribution in [0.3, 0.4) is 0 Å². The SMILES string of the molecule is CCOC1CC(N)(CN2CCC(C(F)(F)F)CC2)C1(C)C. The van der Waals surface area contributed by atoms with Gasteiger partial charge in [-0.2, -0.15) is 13.2 Å². The van der Waals surface area contributed by atoms with Crippen LogP contribution in [0.15, 0.2) is 0 Å². The molecule has 2 fully saturated rings. The van der Waals surface area contributed by atoms with Gasteiger partial charge in [0, 0.05) is 24.1 Å². The molecule has 0 amide bonds. The zero-order valence-electron chi connectivity index (χ0n) is 13.2. The Morgan fingerprint density at radius 2 is 1.81 bits per heavy atom. The summed E-state index contributed by atoms with van der Waals surface area (Å²) in [5.41, 5.74) is 6.01. The van der Waals surface area contributed by atoms with E-state index in [1.54, 1.807) is 0 Å². The highest BCUT2D eigenvalue weighted by Gasteiger charge is 2.59. The number of nitrogens with two attached hydrogens (primary N) is 1. The van der Waals surface area contributed by atoms with Gasteiger partial charge in [-0.15, -0.1) is 0 Å². The molecular formula is C15H27F3N2O. The van der Waals surface area contributed by atoms with E-state index in [0.29, 0.717) is 26.2 Å². The van der Waals surface area contributed by atoms with Crippen molar-refractivity contribution >= 4 is 0 Å². The molecule has 0 aromatic carbocycles. The van der Waals surface area contributed by atoms with E-state index >= 15 is 0 Å². The van der Waals surface area contributed by atoms with Crippen LogP contribution >= 0.6 is 0 Å². The molecule has 124 valence electrons. The standard InChI is InChI=1S/C15H27F3N2O/c1-4-21-12-9-14(19,13(12,2)3)10-20-7-5-11(6-8-20)15(16,17)18/h11-12H,4-10,19H2,1-3H3. The lowest BCUT2D eigenvalue weighted by molar-refractivity contribution is -0.189. The van der Waals surface area contributed by atoms with Crippen LogP contribution < -0.4 is 5.73 Å². The first-order valence-electron chi connectivity index (χ1n) is 7.79. The zero-order valence-corrected chi connectivity index (χ0v) is 13.2. The number of nitrogens with zero attached hydrogens (tertiary/aromatic N) is 1. The molecule has 2 N–H and O–H groups in total. The lowest BCUT2D eigenvalue weighted by Crippen LogP contribution is -2.73. The Morgan fingerprint density at radius 1 is 1.24 bits per heavy atom. The van der Waals surface area contributed by atoms with Gasteiger partial charge in [0.15, 0.2) is 0 Å². The van der Waals surface area contributed by atoms with Gasteiger partial charge in [0.05, 0.1) is 12.0 Å². The van der Waals surface area contributed by atoms with Gasteiger partial charge < -0.3 is 15.4 Å². The molecule has 0 aromatic heterocycles. The van der Waals surface area contributed by atoms with Crippen molar-refractivity contribution in [1.82, 2.24) is 4.90 Å². The summed E-state index contributed by atoms with van der Waals surface area (Å²) in [5, 5.41) is 0. The Balaban J connectivity index is 1.87. The third-order valence-electron chi connectivity index (χ3n) is 5.56. The van der Waals surface area contributed by atoms with E-state index in [-0.39, 0.29) is 29.9 Å². The topological polar surface area (TPSA) is 38.5 Å². The highest BCUT2D eigenvalue weighted by atomic mass is 19.4. The van der Waals surface area contributed by atoms with E-state index in [0.717, 1.165) is 6.42 Å². The summed E-state index contributed by atoms with van der Waals surface area (Å²) in [6, 6.07) is 0. The molecule has 2 aliphatic rings. The minimum Gasteiger partial charge on any atom is -0.378 e. The fourth-order valence-corrected chi connectivity index (χ4v) is 3.59. The van der Waals surface area contributed by atoms with E-state index in [2.05, 4.69) is 18.7 Å². The number of likely N-dealkylation sites (tertiary alicyclic amines) is 1. The molecule has 0 bridgehead atoms. The number of alkyl halides is 3. The minimum absolute atomic E-state index is 0.135. The van der Waals surface area contributed by atoms with Crippen molar-refractivity contribution in [3.8, 4) is 0 Å². The van der Waals surface area contributed by atoms with Crippen molar-refractivity contribution in [3.05, 3.63) is 0 Å². The van der Waals surface area contributed by atoms with Crippen LogP contribution in [0.25, 0.3) is 0 Å². The second kappa shape index (κ2) is 5.70. The van der Waals surface area contributed by atoms with Gasteiger partial charge in [-0.3, -0.25) is 0 Å². The highest BCUT2D eigenvalue weighted by Crippen LogP contribution is 2.50. The van der Waals surface area contributed by atoms with Crippen molar-refractivity contribution in [2.45, 2.75) is 57.9 Å². The number of rotatable bonds is 4. The van der Waals surface area contributed by atoms with E-state index in [9.17, 15) is 13.2 Å². The third-order valence-corrected chi connectivity index (χ3v) is 5.56. The van der Waals surface area contributed by atoms with Crippen LogP contribution in [0, 0.1) is 11.3 Å². The van der Waals surface area contributed by atoms with Crippen LogP contribution in [-0.4, -0.2) is 49.0 Å². The summed E-state index contributed by atoms with van der Waals surface area (Å²) in [7, 11) is 0. The summed E-state index contributed by atoms with van der Waals surface area (Å²) in [4.78, 5) is 2.09. The molecule has 1 saturated heterocycles. The van der Waals surface area contributed by atoms with Crippen molar-refractivity contribution in [3.63, 3.8) is 0 Å². The molecule has 21 heavy (non-hydrogen) atoms. The van der Waals surface area contributed by atoms with Gasteiger partial charge in [-0.05, 0) is 39.3 Å². The zero-order chi connectivity index (χ0) is 15.9. The predicted molar refractivity (Wildman–Crippen MR) is 75.9 cm³/mol. The van der Waals surface area contributed by atoms with E-state index in [4.69, 9.17) is 10.5 Å². The van der Waals surface area contributed by atoms with Crippen LogP contribution in [0.1, 0.15) is 40.0 Å². The average Bonchev–Trinajstić information content (AvgIpc) is 2.38. The van der Waals surface area contributed by atoms with Crippen LogP contribution in [0.4, 0.5) is 13.2 Å². The predicted octanol–water partition coefficient (Wildman–Crippen LogP) is 2.79. The fraction of sp³-hybridized carbons (Fsp3) is 1.00. The van der Waals surface area contributed by atoms with Gasteiger partial charge in [0.25, 0.3) is 0 Å². The van der Waals surface area contributed by atoms with E-state index in [1.165, 1.54) is 0 Å². The highest BCUT2D eigenvalue weighted by molar-refractivity contribution is 5.14. The Morgan fingerprint density at radius 3 is 2.24 bits per heavy atom. The van der Waals surface area contributed by atoms with Gasteiger partial charge in [0.2, 0.25) is 0 Å². The van der Waals surface area contributed by atoms with Gasteiger partial charge >= 0.3 is 6.18 Å². The fourth-order valence-electron chi connectivity index (χ4n) is 3.59. The molecule has 1 aliphatic carbocycles. The maximum Gasteiger partial charge on any atom is 0.391 e. The molecule has 0 radical (unpaired) electrons. The lowest BCUT2D eigenvalue weighted by Gasteiger charge is -2.60. The number of halogens is 3. The molecule has 2 atom stereocenters. The van der Waals surface area contributed by atoms with Crippen molar-refractivity contribution in [1.29, 1.82) is 0 Å². The average molecular weight is 308 g/mol. The molecule has 0 aromatic rings. The smallest absolute Gasteiger partial charge is 0.378 e. The van der Waals surface area contributed by atoms with Crippen LogP contribution in [0.2, 0.25) is 0 Å². The molecule has 3 nitrogen and oxygen atoms in total. The lowest BCUT2D eigenvalue weighted by atomic mass is 9.54. The molecule has 0 spiro atoms. The molecular weight excluding hydrogens is 281 g/mol. The van der Waals surface area contributed by atoms with E-state index < -0.39 is 12.1 Å². The summed E-state index contributed by atoms with van der Waals surface area (Å²) in [5.74, 6) is -1.15. The van der Waals surface area contributed by atoms with Gasteiger partial charge in [-0.1, -0.05) is 13.8 Å². The third kappa shape index (κ3) is 3.22. The second-order valence-electron chi connectivity index (χ2n) is 7.12. The second-order valence-corrected chi connectivity index (χ2v) is 7.12. The number of hydrogen-bond donors (Lipinski definition) is 1. The number of hydrogen-bond acceptors (Lipinski definition) is 3. The molecule has 1 aliphatic heterocycles. The molecule has 2 rings (SSSR count). The molecule has 6 heteroatoms. The quantitative estimate of drug-likeness (QED) is 0.868. The first-order valence-corrected chi connectivity index (χ1v) is 7.79. The molecule has 1 saturated carbocycles. The van der Waals surface area contributed by atoms with Crippen LogP contribution in [-0.2, 0) is 4.74 Å². The molecule has 2 unspecified atom stereocenters. The van der Waals surface area contributed by atoms with Crippen molar-refractivity contribution < 1.29 is 17.9 Å². The summed E-state index contributed by atoms with van der Waals surface area (Å²) < 4.78 is 43.7. The Hall–Kier alpha value is -0.330. The van der Waals surface area contributed by atoms with E-state index in [1.807, 2.05) is 6.92 Å². The summed E-state index contributed by atoms with van der Waals surface area (Å²) in [6.45, 7) is 8.46.